The molecule has 0 N–H and O–H groups in total. The van der Waals surface area contributed by atoms with Gasteiger partial charge in [-0.05, 0) is 50.9 Å². The van der Waals surface area contributed by atoms with Crippen molar-refractivity contribution in [1.82, 2.24) is 0 Å². The predicted octanol–water partition coefficient (Wildman–Crippen LogP) is 6.29. The van der Waals surface area contributed by atoms with Gasteiger partial charge in [0.25, 0.3) is 0 Å². The van der Waals surface area contributed by atoms with Crippen molar-refractivity contribution in [2.24, 2.45) is 11.3 Å². The average Bonchev–Trinajstić information content (AvgIpc) is 3.04. The van der Waals surface area contributed by atoms with Crippen LogP contribution in [0.4, 0.5) is 0 Å². The smallest absolute Gasteiger partial charge is 0.00133 e. The lowest BCUT2D eigenvalue weighted by Gasteiger charge is -2.24. The van der Waals surface area contributed by atoms with Gasteiger partial charge in [-0.2, -0.15) is 0 Å². The summed E-state index contributed by atoms with van der Waals surface area (Å²) in [6.07, 6.45) is 6.33. The van der Waals surface area contributed by atoms with E-state index in [0.29, 0.717) is 5.41 Å². The first kappa shape index (κ1) is 15.5. The van der Waals surface area contributed by atoms with E-state index in [-0.39, 0.29) is 0 Å². The first-order valence-corrected chi connectivity index (χ1v) is 7.79. The standard InChI is InChI=1S/C18H32/c1-8-11-14(5)17-12-18(17,7)15(6)16(10-3)13(4)9-2/h15H,8-12H2,1-7H3. The van der Waals surface area contributed by atoms with Gasteiger partial charge in [0.15, 0.2) is 0 Å². The molecule has 1 rings (SSSR count). The van der Waals surface area contributed by atoms with Crippen molar-refractivity contribution in [3.8, 4) is 0 Å². The summed E-state index contributed by atoms with van der Waals surface area (Å²) in [5, 5.41) is 0. The Labute approximate surface area is 115 Å². The topological polar surface area (TPSA) is 0 Å². The van der Waals surface area contributed by atoms with Gasteiger partial charge in [-0.1, -0.05) is 63.3 Å². The second-order valence-corrected chi connectivity index (χ2v) is 6.34. The molecule has 2 atom stereocenters. The number of hydrogen-bond donors (Lipinski definition) is 0. The number of rotatable bonds is 6. The van der Waals surface area contributed by atoms with E-state index in [2.05, 4.69) is 48.5 Å². The van der Waals surface area contributed by atoms with Gasteiger partial charge in [-0.15, -0.1) is 0 Å². The SMILES string of the molecule is CCCC(C)=C1CC1(C)C(C)C(CC)=C(C)CC. The highest BCUT2D eigenvalue weighted by atomic mass is 14.5. The fourth-order valence-corrected chi connectivity index (χ4v) is 3.49. The van der Waals surface area contributed by atoms with E-state index in [4.69, 9.17) is 0 Å². The Morgan fingerprint density at radius 3 is 2.22 bits per heavy atom. The minimum absolute atomic E-state index is 0.473. The lowest BCUT2D eigenvalue weighted by atomic mass is 9.81. The van der Waals surface area contributed by atoms with Gasteiger partial charge in [0, 0.05) is 0 Å². The third-order valence-corrected chi connectivity index (χ3v) is 5.19. The molecule has 0 aromatic rings. The second-order valence-electron chi connectivity index (χ2n) is 6.34. The van der Waals surface area contributed by atoms with E-state index in [1.165, 1.54) is 32.1 Å². The summed E-state index contributed by atoms with van der Waals surface area (Å²) >= 11 is 0. The molecule has 0 heterocycles. The Kier molecular flexibility index (Phi) is 5.25. The maximum absolute atomic E-state index is 2.48. The van der Waals surface area contributed by atoms with Crippen LogP contribution in [0, 0.1) is 11.3 Å². The third kappa shape index (κ3) is 2.90. The maximum atomic E-state index is 2.48. The molecule has 1 saturated carbocycles. The van der Waals surface area contributed by atoms with Crippen molar-refractivity contribution in [1.29, 1.82) is 0 Å². The molecule has 0 saturated heterocycles. The minimum Gasteiger partial charge on any atom is -0.0741 e. The summed E-state index contributed by atoms with van der Waals surface area (Å²) in [5.41, 5.74) is 7.22. The number of allylic oxidation sites excluding steroid dienone is 4. The largest absolute Gasteiger partial charge is 0.0741 e. The van der Waals surface area contributed by atoms with E-state index in [0.717, 1.165) is 5.92 Å². The van der Waals surface area contributed by atoms with Crippen LogP contribution in [-0.4, -0.2) is 0 Å². The van der Waals surface area contributed by atoms with E-state index in [1.54, 1.807) is 22.3 Å². The van der Waals surface area contributed by atoms with E-state index in [1.807, 2.05) is 0 Å². The molecule has 0 aliphatic heterocycles. The Morgan fingerprint density at radius 2 is 1.78 bits per heavy atom. The lowest BCUT2D eigenvalue weighted by molar-refractivity contribution is 0.426. The van der Waals surface area contributed by atoms with Gasteiger partial charge < -0.3 is 0 Å². The molecule has 18 heavy (non-hydrogen) atoms. The second kappa shape index (κ2) is 6.08. The Hall–Kier alpha value is -0.520. The molecule has 0 nitrogen and oxygen atoms in total. The summed E-state index contributed by atoms with van der Waals surface area (Å²) in [5.74, 6) is 0.726. The minimum atomic E-state index is 0.473. The van der Waals surface area contributed by atoms with Crippen LogP contribution in [0.25, 0.3) is 0 Å². The summed E-state index contributed by atoms with van der Waals surface area (Å²) < 4.78 is 0. The van der Waals surface area contributed by atoms with Crippen LogP contribution in [0.1, 0.15) is 80.6 Å². The van der Waals surface area contributed by atoms with E-state index < -0.39 is 0 Å². The van der Waals surface area contributed by atoms with Gasteiger partial charge in [0.1, 0.15) is 0 Å². The Morgan fingerprint density at radius 1 is 1.17 bits per heavy atom. The maximum Gasteiger partial charge on any atom is -0.00133 e. The van der Waals surface area contributed by atoms with Crippen molar-refractivity contribution in [3.63, 3.8) is 0 Å². The van der Waals surface area contributed by atoms with Gasteiger partial charge in [0.2, 0.25) is 0 Å². The first-order chi connectivity index (χ1) is 8.42. The zero-order chi connectivity index (χ0) is 13.9. The lowest BCUT2D eigenvalue weighted by Crippen LogP contribution is -2.13. The average molecular weight is 248 g/mol. The van der Waals surface area contributed by atoms with Crippen molar-refractivity contribution in [3.05, 3.63) is 22.3 Å². The van der Waals surface area contributed by atoms with Crippen LogP contribution in [-0.2, 0) is 0 Å². The summed E-state index contributed by atoms with van der Waals surface area (Å²) in [7, 11) is 0. The van der Waals surface area contributed by atoms with Crippen LogP contribution < -0.4 is 0 Å². The van der Waals surface area contributed by atoms with E-state index >= 15 is 0 Å². The van der Waals surface area contributed by atoms with Crippen LogP contribution in [0.15, 0.2) is 22.3 Å². The molecule has 2 unspecified atom stereocenters. The van der Waals surface area contributed by atoms with Gasteiger partial charge in [-0.3, -0.25) is 0 Å². The van der Waals surface area contributed by atoms with Crippen molar-refractivity contribution < 1.29 is 0 Å². The van der Waals surface area contributed by atoms with Gasteiger partial charge in [0.05, 0.1) is 0 Å². The molecule has 0 heteroatoms. The third-order valence-electron chi connectivity index (χ3n) is 5.19. The van der Waals surface area contributed by atoms with Crippen LogP contribution >= 0.6 is 0 Å². The van der Waals surface area contributed by atoms with Crippen LogP contribution in [0.5, 0.6) is 0 Å². The van der Waals surface area contributed by atoms with Crippen LogP contribution in [0.2, 0.25) is 0 Å². The Balaban J connectivity index is 2.93. The molecule has 1 aliphatic rings. The normalized spacial score (nSPS) is 28.8. The zero-order valence-corrected chi connectivity index (χ0v) is 13.6. The molecule has 0 radical (unpaired) electrons. The molecule has 1 aliphatic carbocycles. The molecule has 0 spiro atoms. The van der Waals surface area contributed by atoms with Gasteiger partial charge in [-0.25, -0.2) is 0 Å². The zero-order valence-electron chi connectivity index (χ0n) is 13.6. The molecule has 1 fully saturated rings. The fraction of sp³-hybridized carbons (Fsp3) is 0.778. The molecule has 0 aromatic heterocycles. The summed E-state index contributed by atoms with van der Waals surface area (Å²) in [6.45, 7) is 16.5. The molecule has 0 aromatic carbocycles. The molecular formula is C18H32. The van der Waals surface area contributed by atoms with Crippen molar-refractivity contribution in [2.75, 3.05) is 0 Å². The van der Waals surface area contributed by atoms with Crippen LogP contribution in [0.3, 0.4) is 0 Å². The van der Waals surface area contributed by atoms with Gasteiger partial charge >= 0.3 is 0 Å². The molecule has 104 valence electrons. The quantitative estimate of drug-likeness (QED) is 0.485. The van der Waals surface area contributed by atoms with E-state index in [9.17, 15) is 0 Å². The van der Waals surface area contributed by atoms with Crippen molar-refractivity contribution in [2.45, 2.75) is 80.6 Å². The first-order valence-electron chi connectivity index (χ1n) is 7.79. The highest BCUT2D eigenvalue weighted by Gasteiger charge is 2.49. The monoisotopic (exact) mass is 248 g/mol. The number of hydrogen-bond acceptors (Lipinski definition) is 0. The van der Waals surface area contributed by atoms with Crippen molar-refractivity contribution >= 4 is 0 Å². The molecule has 0 amide bonds. The highest BCUT2D eigenvalue weighted by molar-refractivity contribution is 5.40. The highest BCUT2D eigenvalue weighted by Crippen LogP contribution is 2.61. The molecular weight excluding hydrogens is 216 g/mol. The summed E-state index contributed by atoms with van der Waals surface area (Å²) in [6, 6.07) is 0. The fourth-order valence-electron chi connectivity index (χ4n) is 3.49. The Bertz CT molecular complexity index is 356. The summed E-state index contributed by atoms with van der Waals surface area (Å²) in [4.78, 5) is 0. The molecule has 0 bridgehead atoms. The predicted molar refractivity (Wildman–Crippen MR) is 82.8 cm³/mol.